The molecule has 1 amide bonds. The predicted molar refractivity (Wildman–Crippen MR) is 70.5 cm³/mol. The van der Waals surface area contributed by atoms with Gasteiger partial charge in [-0.25, -0.2) is 0 Å². The molecular weight excluding hydrogens is 246 g/mol. The lowest BCUT2D eigenvalue weighted by molar-refractivity contribution is -0.121. The summed E-state index contributed by atoms with van der Waals surface area (Å²) < 4.78 is 11.2. The summed E-state index contributed by atoms with van der Waals surface area (Å²) in [7, 11) is 0. The third-order valence-electron chi connectivity index (χ3n) is 2.89. The Hall–Kier alpha value is -1.75. The highest BCUT2D eigenvalue weighted by molar-refractivity contribution is 5.75. The summed E-state index contributed by atoms with van der Waals surface area (Å²) in [5.74, 6) is 1.43. The van der Waals surface area contributed by atoms with Gasteiger partial charge in [0, 0.05) is 19.4 Å². The van der Waals surface area contributed by atoms with Gasteiger partial charge < -0.3 is 19.9 Å². The molecule has 1 aliphatic rings. The summed E-state index contributed by atoms with van der Waals surface area (Å²) in [6, 6.07) is 5.84. The first-order valence-corrected chi connectivity index (χ1v) is 6.55. The highest BCUT2D eigenvalue weighted by Gasteiger charge is 2.10. The van der Waals surface area contributed by atoms with Crippen molar-refractivity contribution in [3.8, 4) is 11.5 Å². The highest BCUT2D eigenvalue weighted by Crippen LogP contribution is 2.30. The van der Waals surface area contributed by atoms with E-state index in [0.29, 0.717) is 19.8 Å². The summed E-state index contributed by atoms with van der Waals surface area (Å²) in [4.78, 5) is 11.2. The molecule has 0 saturated carbocycles. The molecule has 2 N–H and O–H groups in total. The number of nitrogens with one attached hydrogen (secondary N) is 1. The zero-order valence-corrected chi connectivity index (χ0v) is 10.9. The smallest absolute Gasteiger partial charge is 0.222 e. The highest BCUT2D eigenvalue weighted by atomic mass is 16.5. The molecule has 1 aromatic carbocycles. The average Bonchev–Trinajstić information content (AvgIpc) is 2.63. The van der Waals surface area contributed by atoms with Crippen molar-refractivity contribution in [2.75, 3.05) is 26.4 Å². The van der Waals surface area contributed by atoms with Gasteiger partial charge in [-0.3, -0.25) is 4.79 Å². The van der Waals surface area contributed by atoms with Crippen LogP contribution in [-0.4, -0.2) is 37.4 Å². The standard InChI is InChI=1S/C14H19NO4/c16-7-5-14(17)15-6-4-11-2-3-12-13(10-11)19-9-1-8-18-12/h2-3,10,16H,1,4-9H2,(H,15,17). The van der Waals surface area contributed by atoms with Crippen LogP contribution in [-0.2, 0) is 11.2 Å². The van der Waals surface area contributed by atoms with Crippen LogP contribution in [0.1, 0.15) is 18.4 Å². The van der Waals surface area contributed by atoms with Gasteiger partial charge in [0.15, 0.2) is 11.5 Å². The fourth-order valence-corrected chi connectivity index (χ4v) is 1.90. The molecule has 0 atom stereocenters. The summed E-state index contributed by atoms with van der Waals surface area (Å²) in [6.45, 7) is 1.79. The summed E-state index contributed by atoms with van der Waals surface area (Å²) in [6.07, 6.45) is 1.77. The Kier molecular flexibility index (Phi) is 5.03. The van der Waals surface area contributed by atoms with Crippen LogP contribution in [0, 0.1) is 0 Å². The maximum Gasteiger partial charge on any atom is 0.222 e. The number of rotatable bonds is 5. The van der Waals surface area contributed by atoms with E-state index in [1.54, 1.807) is 0 Å². The SMILES string of the molecule is O=C(CCO)NCCc1ccc2c(c1)OCCCO2. The number of hydrogen-bond donors (Lipinski definition) is 2. The van der Waals surface area contributed by atoms with Gasteiger partial charge in [-0.15, -0.1) is 0 Å². The molecule has 19 heavy (non-hydrogen) atoms. The Morgan fingerprint density at radius 2 is 2.05 bits per heavy atom. The van der Waals surface area contributed by atoms with E-state index in [1.807, 2.05) is 18.2 Å². The molecule has 104 valence electrons. The van der Waals surface area contributed by atoms with E-state index in [0.717, 1.165) is 29.9 Å². The Labute approximate surface area is 112 Å². The minimum absolute atomic E-state index is 0.115. The second-order valence-electron chi connectivity index (χ2n) is 4.41. The van der Waals surface area contributed by atoms with Crippen molar-refractivity contribution < 1.29 is 19.4 Å². The number of aliphatic hydroxyl groups is 1. The number of fused-ring (bicyclic) bond motifs is 1. The molecule has 0 spiro atoms. The van der Waals surface area contributed by atoms with E-state index in [9.17, 15) is 4.79 Å². The molecule has 0 aliphatic carbocycles. The normalized spacial score (nSPS) is 13.7. The first kappa shape index (κ1) is 13.7. The zero-order chi connectivity index (χ0) is 13.5. The number of ether oxygens (including phenoxy) is 2. The lowest BCUT2D eigenvalue weighted by atomic mass is 10.1. The molecule has 0 bridgehead atoms. The fourth-order valence-electron chi connectivity index (χ4n) is 1.90. The van der Waals surface area contributed by atoms with Crippen molar-refractivity contribution in [1.29, 1.82) is 0 Å². The van der Waals surface area contributed by atoms with Crippen LogP contribution in [0.4, 0.5) is 0 Å². The van der Waals surface area contributed by atoms with Crippen molar-refractivity contribution in [3.05, 3.63) is 23.8 Å². The third kappa shape index (κ3) is 4.13. The van der Waals surface area contributed by atoms with E-state index >= 15 is 0 Å². The monoisotopic (exact) mass is 265 g/mol. The first-order chi connectivity index (χ1) is 9.29. The molecule has 0 fully saturated rings. The topological polar surface area (TPSA) is 67.8 Å². The predicted octanol–water partition coefficient (Wildman–Crippen LogP) is 0.889. The van der Waals surface area contributed by atoms with Gasteiger partial charge in [-0.2, -0.15) is 0 Å². The summed E-state index contributed by atoms with van der Waals surface area (Å²) in [5, 5.41) is 11.4. The molecule has 0 unspecified atom stereocenters. The van der Waals surface area contributed by atoms with E-state index < -0.39 is 0 Å². The van der Waals surface area contributed by atoms with Crippen molar-refractivity contribution >= 4 is 5.91 Å². The second-order valence-corrected chi connectivity index (χ2v) is 4.41. The van der Waals surface area contributed by atoms with E-state index in [4.69, 9.17) is 14.6 Å². The van der Waals surface area contributed by atoms with Crippen molar-refractivity contribution in [2.45, 2.75) is 19.3 Å². The molecule has 1 aromatic rings. The molecule has 0 saturated heterocycles. The average molecular weight is 265 g/mol. The maximum absolute atomic E-state index is 11.2. The zero-order valence-electron chi connectivity index (χ0n) is 10.9. The lowest BCUT2D eigenvalue weighted by Crippen LogP contribution is -2.26. The minimum Gasteiger partial charge on any atom is -0.490 e. The van der Waals surface area contributed by atoms with Crippen LogP contribution < -0.4 is 14.8 Å². The van der Waals surface area contributed by atoms with Crippen LogP contribution in [0.15, 0.2) is 18.2 Å². The molecular formula is C14H19NO4. The van der Waals surface area contributed by atoms with Crippen LogP contribution >= 0.6 is 0 Å². The molecule has 0 radical (unpaired) electrons. The fraction of sp³-hybridized carbons (Fsp3) is 0.500. The molecule has 1 heterocycles. The van der Waals surface area contributed by atoms with Crippen LogP contribution in [0.3, 0.4) is 0 Å². The lowest BCUT2D eigenvalue weighted by Gasteiger charge is -2.09. The van der Waals surface area contributed by atoms with Gasteiger partial charge in [-0.1, -0.05) is 6.07 Å². The van der Waals surface area contributed by atoms with Crippen LogP contribution in [0.2, 0.25) is 0 Å². The van der Waals surface area contributed by atoms with Gasteiger partial charge in [0.05, 0.1) is 19.8 Å². The summed E-state index contributed by atoms with van der Waals surface area (Å²) >= 11 is 0. The number of carbonyl (C=O) groups is 1. The number of carbonyl (C=O) groups excluding carboxylic acids is 1. The number of benzene rings is 1. The van der Waals surface area contributed by atoms with Gasteiger partial charge in [-0.05, 0) is 24.1 Å². The Balaban J connectivity index is 1.87. The number of hydrogen-bond acceptors (Lipinski definition) is 4. The largest absolute Gasteiger partial charge is 0.490 e. The van der Waals surface area contributed by atoms with Crippen LogP contribution in [0.25, 0.3) is 0 Å². The quantitative estimate of drug-likeness (QED) is 0.829. The Morgan fingerprint density at radius 1 is 1.26 bits per heavy atom. The third-order valence-corrected chi connectivity index (χ3v) is 2.89. The van der Waals surface area contributed by atoms with E-state index in [-0.39, 0.29) is 18.9 Å². The minimum atomic E-state index is -0.128. The summed E-state index contributed by atoms with van der Waals surface area (Å²) in [5.41, 5.74) is 1.09. The molecule has 1 aliphatic heterocycles. The van der Waals surface area contributed by atoms with Gasteiger partial charge in [0.2, 0.25) is 5.91 Å². The molecule has 5 heteroatoms. The number of amides is 1. The molecule has 5 nitrogen and oxygen atoms in total. The molecule has 0 aromatic heterocycles. The van der Waals surface area contributed by atoms with Gasteiger partial charge in [0.1, 0.15) is 0 Å². The van der Waals surface area contributed by atoms with Crippen molar-refractivity contribution in [3.63, 3.8) is 0 Å². The Bertz CT molecular complexity index is 433. The van der Waals surface area contributed by atoms with E-state index in [1.165, 1.54) is 0 Å². The van der Waals surface area contributed by atoms with E-state index in [2.05, 4.69) is 5.32 Å². The molecule has 2 rings (SSSR count). The number of aliphatic hydroxyl groups excluding tert-OH is 1. The van der Waals surface area contributed by atoms with Gasteiger partial charge >= 0.3 is 0 Å². The first-order valence-electron chi connectivity index (χ1n) is 6.55. The Morgan fingerprint density at radius 3 is 2.84 bits per heavy atom. The maximum atomic E-state index is 11.2. The second kappa shape index (κ2) is 6.99. The van der Waals surface area contributed by atoms with Crippen LogP contribution in [0.5, 0.6) is 11.5 Å². The van der Waals surface area contributed by atoms with Crippen molar-refractivity contribution in [1.82, 2.24) is 5.32 Å². The van der Waals surface area contributed by atoms with Gasteiger partial charge in [0.25, 0.3) is 0 Å². The van der Waals surface area contributed by atoms with Crippen molar-refractivity contribution in [2.24, 2.45) is 0 Å².